The number of guanidine groups is 1. The summed E-state index contributed by atoms with van der Waals surface area (Å²) in [5, 5.41) is 7.87. The van der Waals surface area contributed by atoms with Gasteiger partial charge in [-0.05, 0) is 31.6 Å². The first-order valence-corrected chi connectivity index (χ1v) is 9.29. The maximum Gasteiger partial charge on any atom is 0.434 e. The molecule has 0 saturated heterocycles. The van der Waals surface area contributed by atoms with E-state index in [2.05, 4.69) is 27.5 Å². The number of nitrogens with zero attached hydrogens (tertiary/aromatic N) is 2. The van der Waals surface area contributed by atoms with Gasteiger partial charge in [-0.15, -0.1) is 11.3 Å². The molecule has 0 aromatic carbocycles. The van der Waals surface area contributed by atoms with Crippen molar-refractivity contribution < 1.29 is 13.2 Å². The minimum absolute atomic E-state index is 0.242. The van der Waals surface area contributed by atoms with Gasteiger partial charge in [0.05, 0.1) is 6.54 Å². The van der Waals surface area contributed by atoms with Crippen LogP contribution in [0.25, 0.3) is 0 Å². The average Bonchev–Trinajstić information content (AvgIpc) is 3.02. The molecule has 136 valence electrons. The van der Waals surface area contributed by atoms with E-state index in [-0.39, 0.29) is 6.54 Å². The van der Waals surface area contributed by atoms with Gasteiger partial charge in [-0.25, -0.2) is 4.98 Å². The smallest absolute Gasteiger partial charge is 0.354 e. The topological polar surface area (TPSA) is 49.3 Å². The number of hydrogen-bond donors (Lipinski definition) is 2. The van der Waals surface area contributed by atoms with Crippen LogP contribution in [-0.4, -0.2) is 24.0 Å². The minimum atomic E-state index is -4.38. The first-order valence-electron chi connectivity index (χ1n) is 8.41. The van der Waals surface area contributed by atoms with Crippen molar-refractivity contribution in [3.63, 3.8) is 0 Å². The van der Waals surface area contributed by atoms with Crippen LogP contribution in [-0.2, 0) is 12.7 Å². The molecule has 1 saturated carbocycles. The lowest BCUT2D eigenvalue weighted by Crippen LogP contribution is -2.44. The number of hydrogen-bond acceptors (Lipinski definition) is 3. The van der Waals surface area contributed by atoms with Gasteiger partial charge >= 0.3 is 6.18 Å². The van der Waals surface area contributed by atoms with E-state index in [1.807, 2.05) is 0 Å². The van der Waals surface area contributed by atoms with Crippen LogP contribution in [0, 0.1) is 5.92 Å². The van der Waals surface area contributed by atoms with Crippen LogP contribution >= 0.6 is 11.3 Å². The van der Waals surface area contributed by atoms with Crippen LogP contribution in [0.3, 0.4) is 0 Å². The fourth-order valence-corrected chi connectivity index (χ4v) is 3.81. The Morgan fingerprint density at radius 3 is 2.58 bits per heavy atom. The number of nitrogens with one attached hydrogen (secondary N) is 2. The largest absolute Gasteiger partial charge is 0.434 e. The summed E-state index contributed by atoms with van der Waals surface area (Å²) >= 11 is 1.00. The number of thiazole rings is 1. The summed E-state index contributed by atoms with van der Waals surface area (Å²) in [5.41, 5.74) is -0.832. The van der Waals surface area contributed by atoms with Crippen molar-refractivity contribution in [2.75, 3.05) is 7.05 Å². The third-order valence-corrected chi connectivity index (χ3v) is 5.21. The number of aromatic nitrogens is 1. The average molecular weight is 362 g/mol. The zero-order valence-corrected chi connectivity index (χ0v) is 14.9. The molecule has 1 fully saturated rings. The number of rotatable bonds is 5. The second-order valence-electron chi connectivity index (χ2n) is 6.20. The molecule has 4 nitrogen and oxygen atoms in total. The van der Waals surface area contributed by atoms with Crippen molar-refractivity contribution >= 4 is 17.3 Å². The lowest BCUT2D eigenvalue weighted by Gasteiger charge is -2.30. The third kappa shape index (κ3) is 5.65. The normalized spacial score (nSPS) is 22.5. The van der Waals surface area contributed by atoms with Crippen LogP contribution in [0.1, 0.15) is 56.2 Å². The van der Waals surface area contributed by atoms with E-state index in [1.54, 1.807) is 7.05 Å². The van der Waals surface area contributed by atoms with E-state index in [1.165, 1.54) is 25.7 Å². The Kier molecular flexibility index (Phi) is 6.89. The highest BCUT2D eigenvalue weighted by molar-refractivity contribution is 7.09. The molecular formula is C16H25F3N4S. The van der Waals surface area contributed by atoms with E-state index in [9.17, 15) is 13.2 Å². The number of halogens is 3. The second-order valence-corrected chi connectivity index (χ2v) is 7.14. The Hall–Kier alpha value is -1.31. The molecule has 8 heteroatoms. The lowest BCUT2D eigenvalue weighted by atomic mass is 9.83. The van der Waals surface area contributed by atoms with Crippen LogP contribution in [0.2, 0.25) is 0 Å². The predicted octanol–water partition coefficient (Wildman–Crippen LogP) is 4.19. The van der Waals surface area contributed by atoms with Gasteiger partial charge < -0.3 is 10.6 Å². The zero-order chi connectivity index (χ0) is 17.6. The molecule has 2 N–H and O–H groups in total. The lowest BCUT2D eigenvalue weighted by molar-refractivity contribution is -0.140. The highest BCUT2D eigenvalue weighted by atomic mass is 32.1. The molecule has 1 aromatic heterocycles. The maximum atomic E-state index is 12.5. The third-order valence-electron chi connectivity index (χ3n) is 4.36. The van der Waals surface area contributed by atoms with Crippen molar-refractivity contribution in [3.8, 4) is 0 Å². The molecule has 2 rings (SSSR count). The molecule has 0 spiro atoms. The fourth-order valence-electron chi connectivity index (χ4n) is 3.07. The molecule has 0 radical (unpaired) electrons. The first-order chi connectivity index (χ1) is 11.4. The first kappa shape index (κ1) is 19.0. The molecule has 0 bridgehead atoms. The molecule has 0 atom stereocenters. The molecule has 1 aliphatic rings. The number of aliphatic imine (C=N–C) groups is 1. The summed E-state index contributed by atoms with van der Waals surface area (Å²) in [7, 11) is 1.67. The van der Waals surface area contributed by atoms with Crippen LogP contribution < -0.4 is 10.6 Å². The van der Waals surface area contributed by atoms with Crippen molar-refractivity contribution in [1.29, 1.82) is 0 Å². The van der Waals surface area contributed by atoms with E-state index < -0.39 is 11.9 Å². The van der Waals surface area contributed by atoms with Crippen molar-refractivity contribution in [2.24, 2.45) is 10.9 Å². The van der Waals surface area contributed by atoms with Crippen LogP contribution in [0.5, 0.6) is 0 Å². The zero-order valence-electron chi connectivity index (χ0n) is 14.1. The van der Waals surface area contributed by atoms with Crippen molar-refractivity contribution in [1.82, 2.24) is 15.6 Å². The van der Waals surface area contributed by atoms with Gasteiger partial charge in [-0.3, -0.25) is 4.99 Å². The van der Waals surface area contributed by atoms with Gasteiger partial charge in [0.2, 0.25) is 0 Å². The van der Waals surface area contributed by atoms with Gasteiger partial charge in [0.15, 0.2) is 11.7 Å². The molecular weight excluding hydrogens is 337 g/mol. The SMILES string of the molecule is CCCC1CCC(NC(=NC)NCc2nc(C(F)(F)F)cs2)CC1. The van der Waals surface area contributed by atoms with Gasteiger partial charge in [0.25, 0.3) is 0 Å². The second kappa shape index (κ2) is 8.69. The molecule has 1 aromatic rings. The molecule has 1 heterocycles. The van der Waals surface area contributed by atoms with E-state index in [4.69, 9.17) is 0 Å². The molecule has 0 amide bonds. The summed E-state index contributed by atoms with van der Waals surface area (Å²) in [6.07, 6.45) is 2.83. The summed E-state index contributed by atoms with van der Waals surface area (Å²) in [4.78, 5) is 7.77. The summed E-state index contributed by atoms with van der Waals surface area (Å²) in [6.45, 7) is 2.46. The summed E-state index contributed by atoms with van der Waals surface area (Å²) in [5.74, 6) is 1.46. The fraction of sp³-hybridized carbons (Fsp3) is 0.750. The van der Waals surface area contributed by atoms with Gasteiger partial charge in [0, 0.05) is 18.5 Å². The van der Waals surface area contributed by atoms with E-state index >= 15 is 0 Å². The van der Waals surface area contributed by atoms with Crippen molar-refractivity contribution in [2.45, 2.75) is 64.2 Å². The quantitative estimate of drug-likeness (QED) is 0.610. The Balaban J connectivity index is 1.78. The summed E-state index contributed by atoms with van der Waals surface area (Å²) in [6, 6.07) is 0.381. The van der Waals surface area contributed by atoms with Crippen LogP contribution in [0.4, 0.5) is 13.2 Å². The van der Waals surface area contributed by atoms with E-state index in [0.717, 1.165) is 35.5 Å². The monoisotopic (exact) mass is 362 g/mol. The van der Waals surface area contributed by atoms with Gasteiger partial charge in [0.1, 0.15) is 5.01 Å². The van der Waals surface area contributed by atoms with Crippen molar-refractivity contribution in [3.05, 3.63) is 16.1 Å². The Morgan fingerprint density at radius 2 is 2.04 bits per heavy atom. The molecule has 24 heavy (non-hydrogen) atoms. The Morgan fingerprint density at radius 1 is 1.33 bits per heavy atom. The standard InChI is InChI=1S/C16H25F3N4S/c1-3-4-11-5-7-12(8-6-11)22-15(20-2)21-9-14-23-13(10-24-14)16(17,18)19/h10-12H,3-9H2,1-2H3,(H2,20,21,22). The van der Waals surface area contributed by atoms with Crippen LogP contribution in [0.15, 0.2) is 10.4 Å². The molecule has 0 aliphatic heterocycles. The summed E-state index contributed by atoms with van der Waals surface area (Å²) < 4.78 is 37.6. The highest BCUT2D eigenvalue weighted by Crippen LogP contribution is 2.30. The molecule has 1 aliphatic carbocycles. The maximum absolute atomic E-state index is 12.5. The van der Waals surface area contributed by atoms with Gasteiger partial charge in [-0.2, -0.15) is 13.2 Å². The van der Waals surface area contributed by atoms with E-state index in [0.29, 0.717) is 17.0 Å². The van der Waals surface area contributed by atoms with Gasteiger partial charge in [-0.1, -0.05) is 19.8 Å². The number of alkyl halides is 3. The minimum Gasteiger partial charge on any atom is -0.354 e. The Bertz CT molecular complexity index is 534. The predicted molar refractivity (Wildman–Crippen MR) is 91.1 cm³/mol. The molecule has 0 unspecified atom stereocenters. The highest BCUT2D eigenvalue weighted by Gasteiger charge is 2.33. The Labute approximate surface area is 145 Å².